The van der Waals surface area contributed by atoms with Gasteiger partial charge in [-0.3, -0.25) is 14.3 Å². The summed E-state index contributed by atoms with van der Waals surface area (Å²) in [6.45, 7) is 7.35. The van der Waals surface area contributed by atoms with Crippen LogP contribution in [0.1, 0.15) is 47.1 Å². The van der Waals surface area contributed by atoms with Gasteiger partial charge in [-0.25, -0.2) is 0 Å². The molecular weight excluding hydrogens is 342 g/mol. The zero-order chi connectivity index (χ0) is 19.4. The predicted molar refractivity (Wildman–Crippen MR) is 103 cm³/mol. The van der Waals surface area contributed by atoms with Gasteiger partial charge in [0.05, 0.1) is 24.0 Å². The fraction of sp³-hybridized carbons (Fsp3) is 0.476. The number of Topliss-reactive ketones (excluding diaryl/α,β-unsaturated/α-hetero) is 1. The van der Waals surface area contributed by atoms with Crippen LogP contribution in [0.3, 0.4) is 0 Å². The Hall–Kier alpha value is -2.47. The van der Waals surface area contributed by atoms with Crippen LogP contribution >= 0.6 is 0 Å². The molecule has 3 rings (SSSR count). The molecule has 0 bridgehead atoms. The number of aromatic nitrogens is 2. The summed E-state index contributed by atoms with van der Waals surface area (Å²) in [6, 6.07) is 10.1. The van der Waals surface area contributed by atoms with E-state index < -0.39 is 0 Å². The number of aryl methyl sites for hydroxylation is 1. The second-order valence-corrected chi connectivity index (χ2v) is 7.14. The summed E-state index contributed by atoms with van der Waals surface area (Å²) in [5.74, 6) is 0.0253. The van der Waals surface area contributed by atoms with Crippen LogP contribution in [0.25, 0.3) is 0 Å². The smallest absolute Gasteiger partial charge is 0.244 e. The van der Waals surface area contributed by atoms with Crippen LogP contribution in [-0.4, -0.2) is 45.6 Å². The highest BCUT2D eigenvalue weighted by atomic mass is 16.5. The topological polar surface area (TPSA) is 64.4 Å². The minimum Gasteiger partial charge on any atom is -0.373 e. The first-order valence-electron chi connectivity index (χ1n) is 9.44. The molecule has 0 atom stereocenters. The van der Waals surface area contributed by atoms with E-state index in [1.807, 2.05) is 30.0 Å². The molecular formula is C21H27N3O3. The van der Waals surface area contributed by atoms with Crippen LogP contribution in [0.5, 0.6) is 0 Å². The minimum absolute atomic E-state index is 0.0138. The van der Waals surface area contributed by atoms with Crippen molar-refractivity contribution in [2.75, 3.05) is 13.1 Å². The van der Waals surface area contributed by atoms with Gasteiger partial charge in [0.1, 0.15) is 6.54 Å². The number of ether oxygens (including phenoxy) is 1. The van der Waals surface area contributed by atoms with Crippen molar-refractivity contribution in [3.05, 3.63) is 52.8 Å². The van der Waals surface area contributed by atoms with Crippen molar-refractivity contribution in [1.29, 1.82) is 0 Å². The Morgan fingerprint density at radius 1 is 1.15 bits per heavy atom. The molecule has 0 N–H and O–H groups in total. The van der Waals surface area contributed by atoms with E-state index >= 15 is 0 Å². The van der Waals surface area contributed by atoms with Gasteiger partial charge in [0.25, 0.3) is 0 Å². The first-order chi connectivity index (χ1) is 13.0. The lowest BCUT2D eigenvalue weighted by Gasteiger charge is -2.32. The summed E-state index contributed by atoms with van der Waals surface area (Å²) in [6.07, 6.45) is 1.87. The zero-order valence-corrected chi connectivity index (χ0v) is 16.3. The van der Waals surface area contributed by atoms with Gasteiger partial charge in [-0.15, -0.1) is 0 Å². The molecule has 0 unspecified atom stereocenters. The van der Waals surface area contributed by atoms with Gasteiger partial charge in [0, 0.05) is 18.8 Å². The molecule has 2 aromatic rings. The Labute approximate surface area is 160 Å². The Bertz CT molecular complexity index is 806. The first-order valence-corrected chi connectivity index (χ1v) is 9.44. The van der Waals surface area contributed by atoms with E-state index in [1.54, 1.807) is 11.6 Å². The molecule has 2 heterocycles. The summed E-state index contributed by atoms with van der Waals surface area (Å²) in [5.41, 5.74) is 3.23. The van der Waals surface area contributed by atoms with Crippen LogP contribution < -0.4 is 0 Å². The Kier molecular flexibility index (Phi) is 6.06. The van der Waals surface area contributed by atoms with Crippen LogP contribution in [0.15, 0.2) is 30.3 Å². The Balaban J connectivity index is 1.50. The van der Waals surface area contributed by atoms with E-state index in [1.165, 1.54) is 12.5 Å². The maximum atomic E-state index is 12.6. The van der Waals surface area contributed by atoms with Gasteiger partial charge in [0.15, 0.2) is 5.78 Å². The molecule has 1 aliphatic heterocycles. The quantitative estimate of drug-likeness (QED) is 0.735. The van der Waals surface area contributed by atoms with Crippen LogP contribution in [-0.2, 0) is 22.7 Å². The fourth-order valence-corrected chi connectivity index (χ4v) is 3.65. The normalized spacial score (nSPS) is 15.1. The van der Waals surface area contributed by atoms with Crippen molar-refractivity contribution in [1.82, 2.24) is 14.7 Å². The number of ketones is 1. The van der Waals surface area contributed by atoms with Gasteiger partial charge < -0.3 is 9.64 Å². The molecule has 1 aromatic carbocycles. The third-order valence-electron chi connectivity index (χ3n) is 5.14. The summed E-state index contributed by atoms with van der Waals surface area (Å²) >= 11 is 0. The van der Waals surface area contributed by atoms with E-state index in [2.05, 4.69) is 17.2 Å². The third kappa shape index (κ3) is 4.63. The summed E-state index contributed by atoms with van der Waals surface area (Å²) < 4.78 is 7.63. The molecule has 0 aliphatic carbocycles. The molecule has 0 radical (unpaired) electrons. The summed E-state index contributed by atoms with van der Waals surface area (Å²) in [5, 5.41) is 4.37. The molecule has 1 aliphatic rings. The molecule has 1 aromatic heterocycles. The van der Waals surface area contributed by atoms with Crippen molar-refractivity contribution >= 4 is 11.7 Å². The van der Waals surface area contributed by atoms with E-state index in [-0.39, 0.29) is 24.3 Å². The van der Waals surface area contributed by atoms with Gasteiger partial charge in [-0.05, 0) is 39.2 Å². The van der Waals surface area contributed by atoms with Gasteiger partial charge in [-0.2, -0.15) is 5.10 Å². The number of piperidine rings is 1. The molecule has 0 spiro atoms. The van der Waals surface area contributed by atoms with E-state index in [0.717, 1.165) is 18.5 Å². The molecule has 27 heavy (non-hydrogen) atoms. The number of nitrogens with zero attached hydrogens (tertiary/aromatic N) is 3. The van der Waals surface area contributed by atoms with E-state index in [4.69, 9.17) is 4.74 Å². The van der Waals surface area contributed by atoms with Crippen molar-refractivity contribution in [3.63, 3.8) is 0 Å². The van der Waals surface area contributed by atoms with Crippen LogP contribution in [0, 0.1) is 13.8 Å². The zero-order valence-electron chi connectivity index (χ0n) is 16.3. The predicted octanol–water partition coefficient (Wildman–Crippen LogP) is 2.91. The monoisotopic (exact) mass is 369 g/mol. The molecule has 144 valence electrons. The minimum atomic E-state index is -0.0138. The molecule has 1 fully saturated rings. The molecule has 1 saturated heterocycles. The third-order valence-corrected chi connectivity index (χ3v) is 5.14. The van der Waals surface area contributed by atoms with Crippen molar-refractivity contribution in [2.24, 2.45) is 0 Å². The van der Waals surface area contributed by atoms with Crippen LogP contribution in [0.2, 0.25) is 0 Å². The van der Waals surface area contributed by atoms with Gasteiger partial charge in [0.2, 0.25) is 5.91 Å². The largest absolute Gasteiger partial charge is 0.373 e. The van der Waals surface area contributed by atoms with E-state index in [0.29, 0.717) is 31.0 Å². The maximum Gasteiger partial charge on any atom is 0.244 e. The number of benzene rings is 1. The number of carbonyl (C=O) groups is 2. The Morgan fingerprint density at radius 3 is 2.41 bits per heavy atom. The number of rotatable bonds is 6. The number of carbonyl (C=O) groups excluding carboxylic acids is 2. The lowest BCUT2D eigenvalue weighted by molar-refractivity contribution is -0.134. The molecule has 6 nitrogen and oxygen atoms in total. The molecule has 0 saturated carbocycles. The van der Waals surface area contributed by atoms with Crippen LogP contribution in [0.4, 0.5) is 0 Å². The first kappa shape index (κ1) is 19.3. The standard InChI is InChI=1S/C21H27N3O3/c1-15-21(17(3)25)16(2)24(22-15)13-20(26)23-11-9-19(10-12-23)27-14-18-7-5-4-6-8-18/h4-8,19H,9-14H2,1-3H3. The average Bonchev–Trinajstić information content (AvgIpc) is 2.94. The van der Waals surface area contributed by atoms with Crippen molar-refractivity contribution in [2.45, 2.75) is 52.9 Å². The summed E-state index contributed by atoms with van der Waals surface area (Å²) in [4.78, 5) is 26.2. The summed E-state index contributed by atoms with van der Waals surface area (Å²) in [7, 11) is 0. The lowest BCUT2D eigenvalue weighted by Crippen LogP contribution is -2.42. The second-order valence-electron chi connectivity index (χ2n) is 7.14. The number of amides is 1. The second kappa shape index (κ2) is 8.48. The average molecular weight is 369 g/mol. The lowest BCUT2D eigenvalue weighted by atomic mass is 10.1. The number of hydrogen-bond acceptors (Lipinski definition) is 4. The Morgan fingerprint density at radius 2 is 1.81 bits per heavy atom. The van der Waals surface area contributed by atoms with E-state index in [9.17, 15) is 9.59 Å². The van der Waals surface area contributed by atoms with Crippen molar-refractivity contribution < 1.29 is 14.3 Å². The maximum absolute atomic E-state index is 12.6. The highest BCUT2D eigenvalue weighted by molar-refractivity contribution is 5.96. The fourth-order valence-electron chi connectivity index (χ4n) is 3.65. The number of hydrogen-bond donors (Lipinski definition) is 0. The van der Waals surface area contributed by atoms with Crippen molar-refractivity contribution in [3.8, 4) is 0 Å². The molecule has 6 heteroatoms. The van der Waals surface area contributed by atoms with Gasteiger partial charge in [-0.1, -0.05) is 30.3 Å². The number of likely N-dealkylation sites (tertiary alicyclic amines) is 1. The molecule has 1 amide bonds. The highest BCUT2D eigenvalue weighted by Gasteiger charge is 2.25. The SMILES string of the molecule is CC(=O)c1c(C)nn(CC(=O)N2CCC(OCc3ccccc3)CC2)c1C. The highest BCUT2D eigenvalue weighted by Crippen LogP contribution is 2.18. The van der Waals surface area contributed by atoms with Gasteiger partial charge >= 0.3 is 0 Å².